The maximum absolute atomic E-state index is 5.76. The summed E-state index contributed by atoms with van der Waals surface area (Å²) in [4.78, 5) is 6.24. The molecule has 1 saturated carbocycles. The average Bonchev–Trinajstić information content (AvgIpc) is 3.30. The third kappa shape index (κ3) is 3.16. The van der Waals surface area contributed by atoms with Crippen LogP contribution in [0.25, 0.3) is 0 Å². The molecule has 0 radical (unpaired) electrons. The van der Waals surface area contributed by atoms with Crippen LogP contribution in [0, 0.1) is 0 Å². The van der Waals surface area contributed by atoms with E-state index in [0.29, 0.717) is 31.6 Å². The first-order valence-corrected chi connectivity index (χ1v) is 8.81. The standard InChI is InChI=1S/C18H24N4O3/c1-22(2)17-20-16(25-21-17)12-19-18(7-3-4-8-18)13-5-6-14-15(11-13)24-10-9-23-14/h5-6,11,19H,3-4,7-10,12H2,1-2H3. The highest BCUT2D eigenvalue weighted by molar-refractivity contribution is 5.46. The van der Waals surface area contributed by atoms with E-state index in [-0.39, 0.29) is 5.54 Å². The number of anilines is 1. The Kier molecular flexibility index (Phi) is 4.25. The molecule has 1 aromatic heterocycles. The molecule has 4 rings (SSSR count). The zero-order valence-electron chi connectivity index (χ0n) is 14.7. The van der Waals surface area contributed by atoms with E-state index in [1.54, 1.807) is 0 Å². The topological polar surface area (TPSA) is 72.7 Å². The highest BCUT2D eigenvalue weighted by atomic mass is 16.6. The summed E-state index contributed by atoms with van der Waals surface area (Å²) >= 11 is 0. The van der Waals surface area contributed by atoms with Crippen molar-refractivity contribution in [3.05, 3.63) is 29.7 Å². The van der Waals surface area contributed by atoms with Crippen molar-refractivity contribution in [1.29, 1.82) is 0 Å². The van der Waals surface area contributed by atoms with Gasteiger partial charge in [0.15, 0.2) is 11.5 Å². The highest BCUT2D eigenvalue weighted by Crippen LogP contribution is 2.42. The lowest BCUT2D eigenvalue weighted by atomic mass is 9.87. The van der Waals surface area contributed by atoms with E-state index in [9.17, 15) is 0 Å². The van der Waals surface area contributed by atoms with Crippen molar-refractivity contribution in [2.45, 2.75) is 37.8 Å². The predicted octanol–water partition coefficient (Wildman–Crippen LogP) is 2.47. The summed E-state index contributed by atoms with van der Waals surface area (Å²) in [7, 11) is 3.80. The molecule has 7 heteroatoms. The van der Waals surface area contributed by atoms with Crippen molar-refractivity contribution in [2.24, 2.45) is 0 Å². The summed E-state index contributed by atoms with van der Waals surface area (Å²) in [5.74, 6) is 2.87. The number of nitrogens with one attached hydrogen (secondary N) is 1. The first-order valence-electron chi connectivity index (χ1n) is 8.81. The number of nitrogens with zero attached hydrogens (tertiary/aromatic N) is 3. The van der Waals surface area contributed by atoms with Gasteiger partial charge in [-0.2, -0.15) is 4.98 Å². The summed E-state index contributed by atoms with van der Waals surface area (Å²) in [6.45, 7) is 1.77. The second kappa shape index (κ2) is 6.55. The minimum atomic E-state index is -0.0808. The van der Waals surface area contributed by atoms with Crippen LogP contribution in [-0.4, -0.2) is 37.4 Å². The molecule has 25 heavy (non-hydrogen) atoms. The van der Waals surface area contributed by atoms with Crippen LogP contribution < -0.4 is 19.7 Å². The Balaban J connectivity index is 1.55. The number of rotatable bonds is 5. The Bertz CT molecular complexity index is 738. The summed E-state index contributed by atoms with van der Waals surface area (Å²) < 4.78 is 16.8. The molecule has 2 heterocycles. The first-order chi connectivity index (χ1) is 12.2. The van der Waals surface area contributed by atoms with Gasteiger partial charge in [-0.25, -0.2) is 0 Å². The molecule has 1 N–H and O–H groups in total. The average molecular weight is 344 g/mol. The molecule has 2 aromatic rings. The Morgan fingerprint density at radius 2 is 1.88 bits per heavy atom. The molecule has 1 aliphatic carbocycles. The van der Waals surface area contributed by atoms with Crippen LogP contribution in [0.4, 0.5) is 5.95 Å². The minimum Gasteiger partial charge on any atom is -0.486 e. The van der Waals surface area contributed by atoms with E-state index >= 15 is 0 Å². The number of benzene rings is 1. The lowest BCUT2D eigenvalue weighted by Crippen LogP contribution is -2.39. The number of hydrogen-bond acceptors (Lipinski definition) is 7. The van der Waals surface area contributed by atoms with E-state index in [2.05, 4.69) is 27.6 Å². The summed E-state index contributed by atoms with van der Waals surface area (Å²) in [5, 5.41) is 7.65. The summed E-state index contributed by atoms with van der Waals surface area (Å²) in [6.07, 6.45) is 4.57. The Hall–Kier alpha value is -2.28. The number of hydrogen-bond donors (Lipinski definition) is 1. The molecule has 0 unspecified atom stereocenters. The molecule has 7 nitrogen and oxygen atoms in total. The van der Waals surface area contributed by atoms with Gasteiger partial charge in [0.25, 0.3) is 5.95 Å². The molecule has 134 valence electrons. The van der Waals surface area contributed by atoms with Gasteiger partial charge in [-0.1, -0.05) is 18.9 Å². The lowest BCUT2D eigenvalue weighted by molar-refractivity contribution is 0.170. The second-order valence-electron chi connectivity index (χ2n) is 6.88. The molecular weight excluding hydrogens is 320 g/mol. The maximum Gasteiger partial charge on any atom is 0.265 e. The van der Waals surface area contributed by atoms with Gasteiger partial charge in [-0.05, 0) is 35.7 Å². The Labute approximate surface area is 147 Å². The zero-order chi connectivity index (χ0) is 17.3. The van der Waals surface area contributed by atoms with E-state index < -0.39 is 0 Å². The van der Waals surface area contributed by atoms with Crippen LogP contribution in [0.2, 0.25) is 0 Å². The van der Waals surface area contributed by atoms with Crippen molar-refractivity contribution < 1.29 is 14.0 Å². The van der Waals surface area contributed by atoms with Crippen molar-refractivity contribution in [1.82, 2.24) is 15.5 Å². The lowest BCUT2D eigenvalue weighted by Gasteiger charge is -2.32. The van der Waals surface area contributed by atoms with Crippen LogP contribution in [0.3, 0.4) is 0 Å². The van der Waals surface area contributed by atoms with E-state index in [1.165, 1.54) is 18.4 Å². The fraction of sp³-hybridized carbons (Fsp3) is 0.556. The molecule has 0 amide bonds. The van der Waals surface area contributed by atoms with Gasteiger partial charge in [-0.3, -0.25) is 5.32 Å². The second-order valence-corrected chi connectivity index (χ2v) is 6.88. The van der Waals surface area contributed by atoms with Crippen LogP contribution in [0.15, 0.2) is 22.7 Å². The highest BCUT2D eigenvalue weighted by Gasteiger charge is 2.36. The first kappa shape index (κ1) is 16.2. The molecule has 1 fully saturated rings. The Morgan fingerprint density at radius 1 is 1.12 bits per heavy atom. The fourth-order valence-corrected chi connectivity index (χ4v) is 3.63. The summed E-state index contributed by atoms with van der Waals surface area (Å²) in [5.41, 5.74) is 1.16. The largest absolute Gasteiger partial charge is 0.486 e. The molecular formula is C18H24N4O3. The molecule has 1 aliphatic heterocycles. The van der Waals surface area contributed by atoms with Gasteiger partial charge in [0.05, 0.1) is 6.54 Å². The monoisotopic (exact) mass is 344 g/mol. The van der Waals surface area contributed by atoms with Gasteiger partial charge in [0.1, 0.15) is 13.2 Å². The molecule has 0 spiro atoms. The summed E-state index contributed by atoms with van der Waals surface area (Å²) in [6, 6.07) is 6.28. The van der Waals surface area contributed by atoms with Crippen LogP contribution in [0.1, 0.15) is 37.1 Å². The van der Waals surface area contributed by atoms with Crippen LogP contribution in [0.5, 0.6) is 11.5 Å². The smallest absolute Gasteiger partial charge is 0.265 e. The van der Waals surface area contributed by atoms with Crippen molar-refractivity contribution in [3.8, 4) is 11.5 Å². The van der Waals surface area contributed by atoms with E-state index in [1.807, 2.05) is 25.1 Å². The van der Waals surface area contributed by atoms with Gasteiger partial charge in [-0.15, -0.1) is 0 Å². The molecule has 1 aromatic carbocycles. The minimum absolute atomic E-state index is 0.0808. The third-order valence-corrected chi connectivity index (χ3v) is 4.99. The Morgan fingerprint density at radius 3 is 2.60 bits per heavy atom. The van der Waals surface area contributed by atoms with Crippen molar-refractivity contribution >= 4 is 5.95 Å². The van der Waals surface area contributed by atoms with Crippen molar-refractivity contribution in [3.63, 3.8) is 0 Å². The quantitative estimate of drug-likeness (QED) is 0.893. The normalized spacial score (nSPS) is 18.3. The zero-order valence-corrected chi connectivity index (χ0v) is 14.7. The van der Waals surface area contributed by atoms with Crippen LogP contribution in [-0.2, 0) is 12.1 Å². The van der Waals surface area contributed by atoms with E-state index in [4.69, 9.17) is 14.0 Å². The fourth-order valence-electron chi connectivity index (χ4n) is 3.63. The molecule has 0 saturated heterocycles. The van der Waals surface area contributed by atoms with E-state index in [0.717, 1.165) is 24.3 Å². The van der Waals surface area contributed by atoms with Gasteiger partial charge >= 0.3 is 0 Å². The van der Waals surface area contributed by atoms with Gasteiger partial charge in [0.2, 0.25) is 5.89 Å². The van der Waals surface area contributed by atoms with Crippen molar-refractivity contribution in [2.75, 3.05) is 32.2 Å². The predicted molar refractivity (Wildman–Crippen MR) is 93.0 cm³/mol. The third-order valence-electron chi connectivity index (χ3n) is 4.99. The number of ether oxygens (including phenoxy) is 2. The number of aromatic nitrogens is 2. The van der Waals surface area contributed by atoms with Gasteiger partial charge in [0, 0.05) is 19.6 Å². The molecule has 0 bridgehead atoms. The molecule has 2 aliphatic rings. The SMILES string of the molecule is CN(C)c1noc(CNC2(c3ccc4c(c3)OCCO4)CCCC2)n1. The van der Waals surface area contributed by atoms with Gasteiger partial charge < -0.3 is 18.9 Å². The molecule has 0 atom stereocenters. The maximum atomic E-state index is 5.76. The van der Waals surface area contributed by atoms with Crippen LogP contribution >= 0.6 is 0 Å². The number of fused-ring (bicyclic) bond motifs is 1.